The molecule has 0 N–H and O–H groups in total. The number of hydrogen-bond acceptors (Lipinski definition) is 2. The van der Waals surface area contributed by atoms with E-state index in [2.05, 4.69) is 6.58 Å². The Balaban J connectivity index is 1.56. The van der Waals surface area contributed by atoms with Gasteiger partial charge >= 0.3 is 0 Å². The summed E-state index contributed by atoms with van der Waals surface area (Å²) < 4.78 is 53.9. The summed E-state index contributed by atoms with van der Waals surface area (Å²) >= 11 is 0. The second kappa shape index (κ2) is 8.98. The van der Waals surface area contributed by atoms with E-state index in [4.69, 9.17) is 9.47 Å². The fraction of sp³-hybridized carbons (Fsp3) is 0.231. The van der Waals surface area contributed by atoms with Crippen molar-refractivity contribution in [2.75, 3.05) is 13.7 Å². The van der Waals surface area contributed by atoms with Crippen molar-refractivity contribution >= 4 is 0 Å². The highest BCUT2D eigenvalue weighted by molar-refractivity contribution is 5.71. The number of methoxy groups -OCH3 is 1. The zero-order valence-corrected chi connectivity index (χ0v) is 17.2. The van der Waals surface area contributed by atoms with Crippen LogP contribution in [0, 0.1) is 23.4 Å². The highest BCUT2D eigenvalue weighted by Gasteiger charge is 2.22. The van der Waals surface area contributed by atoms with Crippen molar-refractivity contribution in [3.8, 4) is 28.0 Å². The number of halogens is 3. The highest BCUT2D eigenvalue weighted by atomic mass is 19.2. The van der Waals surface area contributed by atoms with Crippen molar-refractivity contribution in [3.05, 3.63) is 90.3 Å². The number of hydrogen-bond donors (Lipinski definition) is 0. The maximum Gasteiger partial charge on any atom is 0.201 e. The molecule has 3 aromatic carbocycles. The molecule has 0 aliphatic carbocycles. The van der Waals surface area contributed by atoms with Gasteiger partial charge < -0.3 is 9.47 Å². The maximum absolute atomic E-state index is 14.9. The molecule has 1 saturated heterocycles. The highest BCUT2D eigenvalue weighted by Crippen LogP contribution is 2.35. The van der Waals surface area contributed by atoms with Crippen LogP contribution in [0.1, 0.15) is 24.5 Å². The Kier molecular flexibility index (Phi) is 6.14. The quantitative estimate of drug-likeness (QED) is 0.407. The van der Waals surface area contributed by atoms with E-state index in [1.165, 1.54) is 25.3 Å². The molecule has 31 heavy (non-hydrogen) atoms. The first-order valence-corrected chi connectivity index (χ1v) is 10.2. The lowest BCUT2D eigenvalue weighted by molar-refractivity contribution is -0.00528. The fourth-order valence-corrected chi connectivity index (χ4v) is 3.93. The molecule has 0 saturated carbocycles. The fourth-order valence-electron chi connectivity index (χ4n) is 3.93. The molecule has 2 nitrogen and oxygen atoms in total. The van der Waals surface area contributed by atoms with E-state index in [9.17, 15) is 13.2 Å². The van der Waals surface area contributed by atoms with Gasteiger partial charge in [-0.25, -0.2) is 8.78 Å². The van der Waals surface area contributed by atoms with Gasteiger partial charge in [-0.05, 0) is 47.7 Å². The summed E-state index contributed by atoms with van der Waals surface area (Å²) in [5.74, 6) is -2.16. The zero-order valence-electron chi connectivity index (χ0n) is 17.2. The SMILES string of the molecule is C=CC1CCC(c2ccc(-c3ccc(-c4ccc(OC)c(F)c4F)cc3)c(F)c2)OC1. The monoisotopic (exact) mass is 424 g/mol. The standard InChI is InChI=1S/C26H23F3O2/c1-3-16-4-12-23(31-15-16)19-9-10-20(22(27)14-19)17-5-7-18(8-6-17)21-11-13-24(30-2)26(29)25(21)28/h3,5-11,13-14,16,23H,1,4,12,15H2,2H3. The average Bonchev–Trinajstić information content (AvgIpc) is 2.81. The Morgan fingerprint density at radius 2 is 1.58 bits per heavy atom. The minimum absolute atomic E-state index is 0.116. The first-order valence-electron chi connectivity index (χ1n) is 10.2. The summed E-state index contributed by atoms with van der Waals surface area (Å²) in [6, 6.07) is 14.6. The third-order valence-electron chi connectivity index (χ3n) is 5.78. The first-order chi connectivity index (χ1) is 15.0. The molecule has 0 amide bonds. The van der Waals surface area contributed by atoms with Crippen LogP contribution in [0.2, 0.25) is 0 Å². The van der Waals surface area contributed by atoms with Gasteiger partial charge in [-0.15, -0.1) is 6.58 Å². The van der Waals surface area contributed by atoms with Crippen LogP contribution >= 0.6 is 0 Å². The summed E-state index contributed by atoms with van der Waals surface area (Å²) in [6.07, 6.45) is 3.58. The van der Waals surface area contributed by atoms with E-state index in [0.29, 0.717) is 29.2 Å². The van der Waals surface area contributed by atoms with E-state index >= 15 is 0 Å². The van der Waals surface area contributed by atoms with E-state index in [1.807, 2.05) is 12.1 Å². The third kappa shape index (κ3) is 4.23. The third-order valence-corrected chi connectivity index (χ3v) is 5.78. The lowest BCUT2D eigenvalue weighted by Gasteiger charge is -2.27. The molecule has 0 spiro atoms. The van der Waals surface area contributed by atoms with Gasteiger partial charge in [0.1, 0.15) is 5.82 Å². The lowest BCUT2D eigenvalue weighted by Crippen LogP contribution is -2.19. The van der Waals surface area contributed by atoms with Gasteiger partial charge in [0.15, 0.2) is 11.6 Å². The predicted octanol–water partition coefficient (Wildman–Crippen LogP) is 7.10. The summed E-state index contributed by atoms with van der Waals surface area (Å²) in [6.45, 7) is 4.40. The Labute approximate surface area is 179 Å². The van der Waals surface area contributed by atoms with Crippen molar-refractivity contribution in [1.29, 1.82) is 0 Å². The van der Waals surface area contributed by atoms with Crippen LogP contribution in [0.3, 0.4) is 0 Å². The van der Waals surface area contributed by atoms with Crippen LogP contribution in [0.4, 0.5) is 13.2 Å². The molecular formula is C26H23F3O2. The van der Waals surface area contributed by atoms with Crippen LogP contribution in [0.5, 0.6) is 5.75 Å². The summed E-state index contributed by atoms with van der Waals surface area (Å²) in [5, 5.41) is 0. The first kappa shape index (κ1) is 21.2. The predicted molar refractivity (Wildman–Crippen MR) is 115 cm³/mol. The van der Waals surface area contributed by atoms with Crippen LogP contribution < -0.4 is 4.74 Å². The molecule has 2 atom stereocenters. The Hall–Kier alpha value is -3.05. The van der Waals surface area contributed by atoms with Crippen molar-refractivity contribution in [1.82, 2.24) is 0 Å². The van der Waals surface area contributed by atoms with Crippen molar-refractivity contribution in [2.24, 2.45) is 5.92 Å². The van der Waals surface area contributed by atoms with Crippen LogP contribution in [-0.2, 0) is 4.74 Å². The van der Waals surface area contributed by atoms with E-state index < -0.39 is 11.6 Å². The topological polar surface area (TPSA) is 18.5 Å². The minimum atomic E-state index is -1.03. The average molecular weight is 424 g/mol. The van der Waals surface area contributed by atoms with Crippen molar-refractivity contribution < 1.29 is 22.6 Å². The van der Waals surface area contributed by atoms with Gasteiger partial charge in [-0.1, -0.05) is 42.5 Å². The van der Waals surface area contributed by atoms with Gasteiger partial charge in [-0.3, -0.25) is 0 Å². The van der Waals surface area contributed by atoms with Crippen molar-refractivity contribution in [2.45, 2.75) is 18.9 Å². The maximum atomic E-state index is 14.9. The smallest absolute Gasteiger partial charge is 0.201 e. The second-order valence-electron chi connectivity index (χ2n) is 7.66. The molecule has 0 aromatic heterocycles. The van der Waals surface area contributed by atoms with Gasteiger partial charge in [0.05, 0.1) is 19.8 Å². The molecule has 2 unspecified atom stereocenters. The van der Waals surface area contributed by atoms with Gasteiger partial charge in [0, 0.05) is 17.0 Å². The largest absolute Gasteiger partial charge is 0.494 e. The molecule has 1 aliphatic rings. The van der Waals surface area contributed by atoms with Crippen LogP contribution in [0.25, 0.3) is 22.3 Å². The molecular weight excluding hydrogens is 401 g/mol. The Bertz CT molecular complexity index is 1080. The summed E-state index contributed by atoms with van der Waals surface area (Å²) in [7, 11) is 1.28. The molecule has 1 aliphatic heterocycles. The molecule has 5 heteroatoms. The minimum Gasteiger partial charge on any atom is -0.494 e. The molecule has 0 radical (unpaired) electrons. The molecule has 4 rings (SSSR count). The van der Waals surface area contributed by atoms with Crippen LogP contribution in [0.15, 0.2) is 67.3 Å². The normalized spacial score (nSPS) is 18.6. The summed E-state index contributed by atoms with van der Waals surface area (Å²) in [4.78, 5) is 0. The zero-order chi connectivity index (χ0) is 22.0. The number of ether oxygens (including phenoxy) is 2. The molecule has 0 bridgehead atoms. The molecule has 1 fully saturated rings. The van der Waals surface area contributed by atoms with Gasteiger partial charge in [-0.2, -0.15) is 4.39 Å². The van der Waals surface area contributed by atoms with Crippen LogP contribution in [-0.4, -0.2) is 13.7 Å². The second-order valence-corrected chi connectivity index (χ2v) is 7.66. The Morgan fingerprint density at radius 1 is 0.903 bits per heavy atom. The molecule has 3 aromatic rings. The molecule has 160 valence electrons. The van der Waals surface area contributed by atoms with Crippen molar-refractivity contribution in [3.63, 3.8) is 0 Å². The summed E-state index contributed by atoms with van der Waals surface area (Å²) in [5.41, 5.74) is 2.52. The molecule has 1 heterocycles. The number of benzene rings is 3. The Morgan fingerprint density at radius 3 is 2.16 bits per heavy atom. The van der Waals surface area contributed by atoms with Gasteiger partial charge in [0.25, 0.3) is 0 Å². The van der Waals surface area contributed by atoms with E-state index in [-0.39, 0.29) is 23.2 Å². The lowest BCUT2D eigenvalue weighted by atomic mass is 9.93. The van der Waals surface area contributed by atoms with E-state index in [1.54, 1.807) is 30.3 Å². The number of rotatable bonds is 5. The van der Waals surface area contributed by atoms with E-state index in [0.717, 1.165) is 18.4 Å². The van der Waals surface area contributed by atoms with Gasteiger partial charge in [0.2, 0.25) is 5.82 Å².